The first-order chi connectivity index (χ1) is 0. The molecule has 0 heterocycles. The van der Waals surface area contributed by atoms with Crippen molar-refractivity contribution in [2.75, 3.05) is 0 Å². The van der Waals surface area contributed by atoms with Crippen LogP contribution in [0.2, 0.25) is 0 Å². The molecular weight excluding hydrogens is 456 g/mol. The molecule has 9 heavy (non-hydrogen) atoms. The Morgan fingerprint density at radius 2 is 0.333 bits per heavy atom. The second-order valence-corrected chi connectivity index (χ2v) is 0. The molecule has 0 aliphatic heterocycles. The number of halogens is 7. The van der Waals surface area contributed by atoms with E-state index in [1.807, 2.05) is 0 Å². The molecule has 0 saturated heterocycles. The zero-order chi connectivity index (χ0) is 0. The van der Waals surface area contributed by atoms with Crippen molar-refractivity contribution in [1.29, 1.82) is 0 Å². The molecule has 0 fully saturated rings. The molecule has 0 aromatic heterocycles. The van der Waals surface area contributed by atoms with E-state index >= 15 is 0 Å². The molecule has 0 aromatic rings. The largest absolute Gasteiger partial charge is 6.00 e. The third-order valence-electron chi connectivity index (χ3n) is 0. The second-order valence-electron chi connectivity index (χ2n) is 0. The summed E-state index contributed by atoms with van der Waals surface area (Å²) >= 11 is 0. The molecule has 0 amide bonds. The topological polar surface area (TPSA) is 0 Å². The van der Waals surface area contributed by atoms with Gasteiger partial charge in [-0.25, -0.2) is 0 Å². The van der Waals surface area contributed by atoms with Crippen molar-refractivity contribution in [2.24, 2.45) is 0 Å². The Bertz CT molecular complexity index is 8.88. The van der Waals surface area contributed by atoms with E-state index in [-0.39, 0.29) is 122 Å². The van der Waals surface area contributed by atoms with Gasteiger partial charge in [-0.05, 0) is 0 Å². The summed E-state index contributed by atoms with van der Waals surface area (Å²) in [6.45, 7) is 0. The molecule has 0 aromatic carbocycles. The zero-order valence-corrected chi connectivity index (χ0v) is 13.2. The molecule has 0 radical (unpaired) electrons. The molecule has 0 unspecified atom stereocenters. The number of rotatable bonds is 0. The summed E-state index contributed by atoms with van der Waals surface area (Å²) in [5.74, 6) is 0. The fraction of sp³-hybridized carbons (Fsp3) is 0. The smallest absolute Gasteiger partial charge is 1.00 e. The first-order valence-corrected chi connectivity index (χ1v) is 0. The minimum absolute atomic E-state index is 0. The standard InChI is InChI=1S/7FH.Rb.U/h7*1H;;/q;;;;;;;+1;+6/p-7. The fourth-order valence-corrected chi connectivity index (χ4v) is 0. The molecule has 0 N–H and O–H groups in total. The molecule has 0 bridgehead atoms. The molecule has 0 saturated carbocycles. The molecule has 0 aliphatic carbocycles. The molecule has 0 atom stereocenters. The van der Waals surface area contributed by atoms with Crippen LogP contribution >= 0.6 is 0 Å². The van der Waals surface area contributed by atoms with Gasteiger partial charge in [0.15, 0.2) is 0 Å². The van der Waals surface area contributed by atoms with Gasteiger partial charge in [-0.1, -0.05) is 0 Å². The van der Waals surface area contributed by atoms with Crippen molar-refractivity contribution < 1.29 is 122 Å². The Kier molecular flexibility index (Phi) is 3930. The average molecular weight is 456 g/mol. The Morgan fingerprint density at radius 1 is 0.333 bits per heavy atom. The normalized spacial score (nSPS) is 0. The SMILES string of the molecule is [F-].[F-].[F-].[F-].[F-].[F-].[F-].[Rb+].[U+6]. The summed E-state index contributed by atoms with van der Waals surface area (Å²) in [6, 6.07) is 0. The van der Waals surface area contributed by atoms with E-state index < -0.39 is 0 Å². The average Bonchev–Trinajstić information content (AvgIpc) is 0. The van der Waals surface area contributed by atoms with E-state index in [0.717, 1.165) is 0 Å². The minimum Gasteiger partial charge on any atom is -1.00 e. The second kappa shape index (κ2) is 162. The zero-order valence-electron chi connectivity index (χ0n) is 4.15. The Hall–Kier alpha value is 2.37. The monoisotopic (exact) mass is 456 g/mol. The van der Waals surface area contributed by atoms with E-state index in [1.165, 1.54) is 0 Å². The van der Waals surface area contributed by atoms with Crippen LogP contribution in [-0.4, -0.2) is 0 Å². The third kappa shape index (κ3) is 130. The van der Waals surface area contributed by atoms with Crippen LogP contribution < -0.4 is 91.1 Å². The van der Waals surface area contributed by atoms with E-state index in [1.54, 1.807) is 0 Å². The molecule has 0 nitrogen and oxygen atoms in total. The Morgan fingerprint density at radius 3 is 0.333 bits per heavy atom. The number of hydrogen-bond acceptors (Lipinski definition) is 0. The first kappa shape index (κ1) is 218. The maximum atomic E-state index is 0. The van der Waals surface area contributed by atoms with Crippen molar-refractivity contribution in [2.45, 2.75) is 0 Å². The summed E-state index contributed by atoms with van der Waals surface area (Å²) in [4.78, 5) is 0. The molecule has 9 heteroatoms. The van der Waals surface area contributed by atoms with E-state index in [4.69, 9.17) is 0 Å². The van der Waals surface area contributed by atoms with Crippen LogP contribution in [0.4, 0.5) is 0 Å². The van der Waals surface area contributed by atoms with Gasteiger partial charge in [0.2, 0.25) is 0 Å². The Labute approximate surface area is 120 Å². The van der Waals surface area contributed by atoms with Gasteiger partial charge in [0, 0.05) is 0 Å². The summed E-state index contributed by atoms with van der Waals surface area (Å²) in [6.07, 6.45) is 0. The summed E-state index contributed by atoms with van der Waals surface area (Å²) in [5, 5.41) is 0. The van der Waals surface area contributed by atoms with Crippen molar-refractivity contribution in [3.63, 3.8) is 0 Å². The van der Waals surface area contributed by atoms with Gasteiger partial charge in [-0.2, -0.15) is 0 Å². The van der Waals surface area contributed by atoms with E-state index in [2.05, 4.69) is 0 Å². The van der Waals surface area contributed by atoms with Crippen LogP contribution in [0.1, 0.15) is 0 Å². The van der Waals surface area contributed by atoms with Gasteiger partial charge < -0.3 is 32.9 Å². The quantitative estimate of drug-likeness (QED) is 0.318. The fourth-order valence-electron chi connectivity index (χ4n) is 0. The Balaban J connectivity index is 0. The predicted octanol–water partition coefficient (Wildman–Crippen LogP) is -24.0. The van der Waals surface area contributed by atoms with E-state index in [9.17, 15) is 0 Å². The van der Waals surface area contributed by atoms with Gasteiger partial charge in [0.1, 0.15) is 0 Å². The third-order valence-corrected chi connectivity index (χ3v) is 0. The minimum atomic E-state index is 0. The molecule has 0 aliphatic rings. The van der Waals surface area contributed by atoms with Gasteiger partial charge in [-0.15, -0.1) is 0 Å². The van der Waals surface area contributed by atoms with Gasteiger partial charge in [0.05, 0.1) is 0 Å². The maximum absolute atomic E-state index is 0. The summed E-state index contributed by atoms with van der Waals surface area (Å²) < 4.78 is 0. The van der Waals surface area contributed by atoms with Gasteiger partial charge >= 0.3 is 89.3 Å². The molecular formula is F7RbU. The van der Waals surface area contributed by atoms with Crippen LogP contribution in [0.25, 0.3) is 0 Å². The van der Waals surface area contributed by atoms with Crippen LogP contribution in [0.15, 0.2) is 0 Å². The van der Waals surface area contributed by atoms with Crippen molar-refractivity contribution >= 4 is 0 Å². The molecule has 54 valence electrons. The van der Waals surface area contributed by atoms with Crippen molar-refractivity contribution in [1.82, 2.24) is 0 Å². The van der Waals surface area contributed by atoms with Crippen LogP contribution in [-0.2, 0) is 0 Å². The molecule has 0 rings (SSSR count). The summed E-state index contributed by atoms with van der Waals surface area (Å²) in [5.41, 5.74) is 0. The van der Waals surface area contributed by atoms with Crippen molar-refractivity contribution in [3.8, 4) is 0 Å². The van der Waals surface area contributed by atoms with Crippen LogP contribution in [0.3, 0.4) is 0 Å². The van der Waals surface area contributed by atoms with Crippen LogP contribution in [0, 0.1) is 31.1 Å². The van der Waals surface area contributed by atoms with Gasteiger partial charge in [0.25, 0.3) is 0 Å². The molecule has 0 spiro atoms. The van der Waals surface area contributed by atoms with Gasteiger partial charge in [-0.3, -0.25) is 0 Å². The van der Waals surface area contributed by atoms with Crippen LogP contribution in [0.5, 0.6) is 0 Å². The van der Waals surface area contributed by atoms with Crippen molar-refractivity contribution in [3.05, 3.63) is 0 Å². The van der Waals surface area contributed by atoms with E-state index in [0.29, 0.717) is 0 Å². The first-order valence-electron chi connectivity index (χ1n) is 0. The predicted molar refractivity (Wildman–Crippen MR) is 0 cm³/mol. The number of hydrogen-bond donors (Lipinski definition) is 0. The summed E-state index contributed by atoms with van der Waals surface area (Å²) in [7, 11) is 0. The maximum Gasteiger partial charge on any atom is 6.00 e.